The maximum atomic E-state index is 13.2. The molecule has 0 radical (unpaired) electrons. The van der Waals surface area contributed by atoms with E-state index >= 15 is 0 Å². The molecule has 1 amide bonds. The summed E-state index contributed by atoms with van der Waals surface area (Å²) in [7, 11) is 1.71. The zero-order chi connectivity index (χ0) is 18.7. The number of carbonyl (C=O) groups excluding carboxylic acids is 1. The first kappa shape index (κ1) is 18.1. The van der Waals surface area contributed by atoms with E-state index in [1.54, 1.807) is 31.4 Å². The van der Waals surface area contributed by atoms with Gasteiger partial charge in [0, 0.05) is 31.4 Å². The number of nitrogens with one attached hydrogen (secondary N) is 1. The fraction of sp³-hybridized carbons (Fsp3) is 0.158. The molecule has 26 heavy (non-hydrogen) atoms. The van der Waals surface area contributed by atoms with E-state index in [4.69, 9.17) is 11.6 Å². The minimum atomic E-state index is -0.639. The van der Waals surface area contributed by atoms with Crippen molar-refractivity contribution in [2.45, 2.75) is 6.42 Å². The summed E-state index contributed by atoms with van der Waals surface area (Å²) < 4.78 is 28.0. The van der Waals surface area contributed by atoms with Crippen LogP contribution in [0.5, 0.6) is 0 Å². The first-order chi connectivity index (χ1) is 12.4. The number of hydrogen-bond acceptors (Lipinski definition) is 2. The van der Waals surface area contributed by atoms with Gasteiger partial charge in [0.05, 0.1) is 10.6 Å². The van der Waals surface area contributed by atoms with Crippen LogP contribution in [0.4, 0.5) is 8.78 Å². The normalized spacial score (nSPS) is 10.8. The molecular formula is C19H16ClF2N3O. The van der Waals surface area contributed by atoms with E-state index < -0.39 is 11.6 Å². The molecule has 7 heteroatoms. The number of nitrogens with zero attached hydrogens (tertiary/aromatic N) is 2. The highest BCUT2D eigenvalue weighted by molar-refractivity contribution is 6.33. The third kappa shape index (κ3) is 4.08. The van der Waals surface area contributed by atoms with E-state index in [1.165, 1.54) is 16.8 Å². The highest BCUT2D eigenvalue weighted by atomic mass is 35.5. The summed E-state index contributed by atoms with van der Waals surface area (Å²) in [5.74, 6) is -1.61. The Morgan fingerprint density at radius 3 is 2.58 bits per heavy atom. The average Bonchev–Trinajstić information content (AvgIpc) is 2.96. The Morgan fingerprint density at radius 1 is 1.19 bits per heavy atom. The van der Waals surface area contributed by atoms with Crippen molar-refractivity contribution < 1.29 is 13.6 Å². The summed E-state index contributed by atoms with van der Waals surface area (Å²) in [6, 6.07) is 10.4. The van der Waals surface area contributed by atoms with E-state index in [-0.39, 0.29) is 12.5 Å². The van der Waals surface area contributed by atoms with Gasteiger partial charge in [-0.25, -0.2) is 8.78 Å². The lowest BCUT2D eigenvalue weighted by Crippen LogP contribution is -2.26. The highest BCUT2D eigenvalue weighted by Gasteiger charge is 2.18. The van der Waals surface area contributed by atoms with Gasteiger partial charge in [-0.3, -0.25) is 9.48 Å². The molecule has 0 atom stereocenters. The van der Waals surface area contributed by atoms with Gasteiger partial charge in [-0.1, -0.05) is 29.8 Å². The van der Waals surface area contributed by atoms with Crippen molar-refractivity contribution in [1.29, 1.82) is 0 Å². The van der Waals surface area contributed by atoms with Gasteiger partial charge >= 0.3 is 0 Å². The van der Waals surface area contributed by atoms with Crippen LogP contribution in [0.3, 0.4) is 0 Å². The van der Waals surface area contributed by atoms with Gasteiger partial charge in [-0.2, -0.15) is 5.10 Å². The molecule has 0 saturated carbocycles. The van der Waals surface area contributed by atoms with Crippen molar-refractivity contribution >= 4 is 17.5 Å². The Kier molecular flexibility index (Phi) is 5.32. The standard InChI is InChI=1S/C19H16ClF2N3O/c1-25-11-16(18(24-25)15-4-2-3-5-17(15)20)19(26)23-7-6-12-8-13(21)10-14(22)9-12/h2-5,8-11H,6-7H2,1H3,(H,23,26). The molecule has 1 N–H and O–H groups in total. The lowest BCUT2D eigenvalue weighted by atomic mass is 10.1. The Morgan fingerprint density at radius 2 is 1.88 bits per heavy atom. The van der Waals surface area contributed by atoms with Crippen LogP contribution < -0.4 is 5.32 Å². The number of carbonyl (C=O) groups is 1. The van der Waals surface area contributed by atoms with E-state index in [1.807, 2.05) is 6.07 Å². The smallest absolute Gasteiger partial charge is 0.255 e. The van der Waals surface area contributed by atoms with Crippen LogP contribution in [0.1, 0.15) is 15.9 Å². The summed E-state index contributed by atoms with van der Waals surface area (Å²) in [6.07, 6.45) is 1.91. The van der Waals surface area contributed by atoms with Crippen molar-refractivity contribution in [3.05, 3.63) is 76.4 Å². The molecule has 0 unspecified atom stereocenters. The molecule has 3 rings (SSSR count). The number of hydrogen-bond donors (Lipinski definition) is 1. The maximum absolute atomic E-state index is 13.2. The predicted molar refractivity (Wildman–Crippen MR) is 96.0 cm³/mol. The molecule has 1 aromatic heterocycles. The minimum absolute atomic E-state index is 0.235. The molecule has 0 aliphatic rings. The Labute approximate surface area is 154 Å². The molecule has 2 aromatic carbocycles. The molecule has 3 aromatic rings. The van der Waals surface area contributed by atoms with Crippen molar-refractivity contribution in [3.8, 4) is 11.3 Å². The SMILES string of the molecule is Cn1cc(C(=O)NCCc2cc(F)cc(F)c2)c(-c2ccccc2Cl)n1. The summed E-state index contributed by atoms with van der Waals surface area (Å²) in [6.45, 7) is 0.235. The van der Waals surface area contributed by atoms with Crippen molar-refractivity contribution in [3.63, 3.8) is 0 Å². The highest BCUT2D eigenvalue weighted by Crippen LogP contribution is 2.28. The molecule has 0 fully saturated rings. The van der Waals surface area contributed by atoms with Gasteiger partial charge in [0.1, 0.15) is 17.3 Å². The topological polar surface area (TPSA) is 46.9 Å². The zero-order valence-electron chi connectivity index (χ0n) is 14.0. The lowest BCUT2D eigenvalue weighted by Gasteiger charge is -2.07. The molecule has 0 bridgehead atoms. The van der Waals surface area contributed by atoms with Gasteiger partial charge in [0.2, 0.25) is 0 Å². The van der Waals surface area contributed by atoms with Crippen LogP contribution in [0.2, 0.25) is 5.02 Å². The first-order valence-corrected chi connectivity index (χ1v) is 8.33. The fourth-order valence-electron chi connectivity index (χ4n) is 2.68. The second-order valence-electron chi connectivity index (χ2n) is 5.83. The third-order valence-corrected chi connectivity index (χ3v) is 4.15. The summed E-state index contributed by atoms with van der Waals surface area (Å²) in [5.41, 5.74) is 1.99. The summed E-state index contributed by atoms with van der Waals surface area (Å²) in [5, 5.41) is 7.57. The summed E-state index contributed by atoms with van der Waals surface area (Å²) >= 11 is 6.21. The average molecular weight is 376 g/mol. The monoisotopic (exact) mass is 375 g/mol. The lowest BCUT2D eigenvalue weighted by molar-refractivity contribution is 0.0954. The second-order valence-corrected chi connectivity index (χ2v) is 6.24. The van der Waals surface area contributed by atoms with Gasteiger partial charge in [-0.05, 0) is 30.2 Å². The molecule has 0 aliphatic heterocycles. The quantitative estimate of drug-likeness (QED) is 0.733. The van der Waals surface area contributed by atoms with Crippen molar-refractivity contribution in [2.24, 2.45) is 7.05 Å². The number of rotatable bonds is 5. The molecule has 0 spiro atoms. The fourth-order valence-corrected chi connectivity index (χ4v) is 2.90. The van der Waals surface area contributed by atoms with Gasteiger partial charge in [0.15, 0.2) is 0 Å². The second kappa shape index (κ2) is 7.66. The number of aromatic nitrogens is 2. The predicted octanol–water partition coefficient (Wildman–Crippen LogP) is 3.99. The molecule has 0 aliphatic carbocycles. The molecule has 134 valence electrons. The number of amides is 1. The Bertz CT molecular complexity index is 935. The first-order valence-electron chi connectivity index (χ1n) is 7.96. The molecule has 1 heterocycles. The van der Waals surface area contributed by atoms with Crippen LogP contribution in [-0.2, 0) is 13.5 Å². The molecule has 4 nitrogen and oxygen atoms in total. The zero-order valence-corrected chi connectivity index (χ0v) is 14.7. The van der Waals surface area contributed by atoms with Crippen LogP contribution in [-0.4, -0.2) is 22.2 Å². The third-order valence-electron chi connectivity index (χ3n) is 3.82. The molecular weight excluding hydrogens is 360 g/mol. The van der Waals surface area contributed by atoms with Crippen LogP contribution in [0.15, 0.2) is 48.7 Å². The van der Waals surface area contributed by atoms with Crippen molar-refractivity contribution in [2.75, 3.05) is 6.54 Å². The Balaban J connectivity index is 1.73. The van der Waals surface area contributed by atoms with E-state index in [9.17, 15) is 13.6 Å². The van der Waals surface area contributed by atoms with Crippen LogP contribution >= 0.6 is 11.6 Å². The minimum Gasteiger partial charge on any atom is -0.352 e. The summed E-state index contributed by atoms with van der Waals surface area (Å²) in [4.78, 5) is 12.5. The number of halogens is 3. The molecule has 0 saturated heterocycles. The van der Waals surface area contributed by atoms with E-state index in [0.717, 1.165) is 6.07 Å². The number of benzene rings is 2. The van der Waals surface area contributed by atoms with Gasteiger partial charge in [0.25, 0.3) is 5.91 Å². The van der Waals surface area contributed by atoms with E-state index in [0.29, 0.717) is 33.8 Å². The van der Waals surface area contributed by atoms with Crippen molar-refractivity contribution in [1.82, 2.24) is 15.1 Å². The Hall–Kier alpha value is -2.73. The van der Waals surface area contributed by atoms with Crippen LogP contribution in [0, 0.1) is 11.6 Å². The van der Waals surface area contributed by atoms with Gasteiger partial charge in [-0.15, -0.1) is 0 Å². The maximum Gasteiger partial charge on any atom is 0.255 e. The van der Waals surface area contributed by atoms with Gasteiger partial charge < -0.3 is 5.32 Å². The van der Waals surface area contributed by atoms with Crippen LogP contribution in [0.25, 0.3) is 11.3 Å². The number of aryl methyl sites for hydroxylation is 1. The van der Waals surface area contributed by atoms with E-state index in [2.05, 4.69) is 10.4 Å². The largest absolute Gasteiger partial charge is 0.352 e.